The Bertz CT molecular complexity index is 603. The number of aliphatic carboxylic acids is 1. The molecule has 1 aromatic carbocycles. The van der Waals surface area contributed by atoms with Gasteiger partial charge in [0.1, 0.15) is 17.6 Å². The lowest BCUT2D eigenvalue weighted by molar-refractivity contribution is -0.142. The van der Waals surface area contributed by atoms with Gasteiger partial charge in [0, 0.05) is 12.6 Å². The molecule has 5 nitrogen and oxygen atoms in total. The van der Waals surface area contributed by atoms with E-state index in [0.717, 1.165) is 25.3 Å². The van der Waals surface area contributed by atoms with E-state index in [2.05, 4.69) is 0 Å². The van der Waals surface area contributed by atoms with Crippen LogP contribution in [0.3, 0.4) is 0 Å². The van der Waals surface area contributed by atoms with Gasteiger partial charge in [-0.05, 0) is 36.8 Å². The topological polar surface area (TPSA) is 77.8 Å². The molecule has 2 aliphatic rings. The van der Waals surface area contributed by atoms with Gasteiger partial charge in [0.2, 0.25) is 0 Å². The molecule has 0 aromatic heterocycles. The van der Waals surface area contributed by atoms with Gasteiger partial charge in [-0.15, -0.1) is 0 Å². The third-order valence-corrected chi connectivity index (χ3v) is 4.59. The summed E-state index contributed by atoms with van der Waals surface area (Å²) >= 11 is 0. The molecule has 112 valence electrons. The minimum absolute atomic E-state index is 0.0355. The Morgan fingerprint density at radius 3 is 2.71 bits per heavy atom. The molecular formula is C15H16FNO4. The normalized spacial score (nSPS) is 27.7. The molecule has 1 aromatic rings. The summed E-state index contributed by atoms with van der Waals surface area (Å²) in [7, 11) is 0. The second-order valence-electron chi connectivity index (χ2n) is 5.76. The maximum Gasteiger partial charge on any atom is 0.326 e. The number of nitrogens with zero attached hydrogens (tertiary/aromatic N) is 1. The van der Waals surface area contributed by atoms with Crippen LogP contribution in [0.25, 0.3) is 0 Å². The molecule has 3 atom stereocenters. The van der Waals surface area contributed by atoms with E-state index in [4.69, 9.17) is 0 Å². The number of benzene rings is 1. The first-order valence-electron chi connectivity index (χ1n) is 7.01. The van der Waals surface area contributed by atoms with Crippen molar-refractivity contribution >= 4 is 11.9 Å². The van der Waals surface area contributed by atoms with Crippen molar-refractivity contribution in [1.82, 2.24) is 4.90 Å². The van der Waals surface area contributed by atoms with Gasteiger partial charge in [-0.1, -0.05) is 6.42 Å². The van der Waals surface area contributed by atoms with E-state index in [0.29, 0.717) is 6.54 Å². The predicted octanol–water partition coefficient (Wildman–Crippen LogP) is 1.86. The van der Waals surface area contributed by atoms with Crippen molar-refractivity contribution in [1.29, 1.82) is 0 Å². The van der Waals surface area contributed by atoms with Gasteiger partial charge in [-0.3, -0.25) is 4.79 Å². The Hall–Kier alpha value is -2.11. The zero-order valence-electron chi connectivity index (χ0n) is 11.3. The lowest BCUT2D eigenvalue weighted by atomic mass is 9.94. The molecule has 6 heteroatoms. The maximum atomic E-state index is 13.8. The van der Waals surface area contributed by atoms with Gasteiger partial charge < -0.3 is 15.1 Å². The first kappa shape index (κ1) is 13.9. The van der Waals surface area contributed by atoms with Gasteiger partial charge >= 0.3 is 5.97 Å². The third kappa shape index (κ3) is 2.24. The number of carbonyl (C=O) groups excluding carboxylic acids is 1. The fraction of sp³-hybridized carbons (Fsp3) is 0.467. The molecule has 1 heterocycles. The number of carboxylic acids is 1. The van der Waals surface area contributed by atoms with E-state index in [1.54, 1.807) is 0 Å². The molecule has 0 radical (unpaired) electrons. The summed E-state index contributed by atoms with van der Waals surface area (Å²) in [4.78, 5) is 25.2. The molecule has 2 N–H and O–H groups in total. The van der Waals surface area contributed by atoms with Gasteiger partial charge in [0.05, 0.1) is 5.56 Å². The number of aromatic hydroxyl groups is 1. The number of phenolic OH excluding ortho intramolecular Hbond substituents is 1. The van der Waals surface area contributed by atoms with Crippen molar-refractivity contribution < 1.29 is 24.2 Å². The highest BCUT2D eigenvalue weighted by Crippen LogP contribution is 2.42. The van der Waals surface area contributed by atoms with Crippen LogP contribution >= 0.6 is 0 Å². The third-order valence-electron chi connectivity index (χ3n) is 4.59. The lowest BCUT2D eigenvalue weighted by Gasteiger charge is -2.24. The van der Waals surface area contributed by atoms with E-state index < -0.39 is 23.7 Å². The van der Waals surface area contributed by atoms with E-state index in [1.807, 2.05) is 0 Å². The van der Waals surface area contributed by atoms with Gasteiger partial charge in [-0.2, -0.15) is 0 Å². The Balaban J connectivity index is 1.91. The highest BCUT2D eigenvalue weighted by Gasteiger charge is 2.49. The first-order valence-corrected chi connectivity index (χ1v) is 7.01. The van der Waals surface area contributed by atoms with Crippen LogP contribution in [0.1, 0.15) is 29.6 Å². The Morgan fingerprint density at radius 2 is 2.05 bits per heavy atom. The zero-order valence-corrected chi connectivity index (χ0v) is 11.3. The minimum Gasteiger partial charge on any atom is -0.508 e. The molecule has 3 unspecified atom stereocenters. The van der Waals surface area contributed by atoms with E-state index >= 15 is 0 Å². The second-order valence-corrected chi connectivity index (χ2v) is 5.76. The summed E-state index contributed by atoms with van der Waals surface area (Å²) in [6.07, 6.45) is 2.69. The number of likely N-dealkylation sites (tertiary alicyclic amines) is 1. The standard InChI is InChI=1S/C15H16FNO4/c16-12-6-9(18)4-5-11(12)14(19)17-7-8-2-1-3-10(8)13(17)15(20)21/h4-6,8,10,13,18H,1-3,7H2,(H,20,21). The van der Waals surface area contributed by atoms with Crippen molar-refractivity contribution in [2.24, 2.45) is 11.8 Å². The van der Waals surface area contributed by atoms with Crippen molar-refractivity contribution in [3.63, 3.8) is 0 Å². The van der Waals surface area contributed by atoms with Crippen LogP contribution in [0, 0.1) is 17.7 Å². The predicted molar refractivity (Wildman–Crippen MR) is 71.4 cm³/mol. The first-order chi connectivity index (χ1) is 9.99. The molecule has 3 rings (SSSR count). The summed E-state index contributed by atoms with van der Waals surface area (Å²) in [5.41, 5.74) is -0.195. The van der Waals surface area contributed by atoms with Crippen LogP contribution in [0.4, 0.5) is 4.39 Å². The van der Waals surface area contributed by atoms with Crippen LogP contribution in [0.15, 0.2) is 18.2 Å². The van der Waals surface area contributed by atoms with Crippen LogP contribution < -0.4 is 0 Å². The molecule has 1 amide bonds. The zero-order chi connectivity index (χ0) is 15.1. The number of carboxylic acid groups (broad SMARTS) is 1. The van der Waals surface area contributed by atoms with E-state index in [9.17, 15) is 24.2 Å². The van der Waals surface area contributed by atoms with Crippen molar-refractivity contribution in [2.45, 2.75) is 25.3 Å². The van der Waals surface area contributed by atoms with Gasteiger partial charge in [0.25, 0.3) is 5.91 Å². The minimum atomic E-state index is -1.03. The molecule has 1 saturated heterocycles. The maximum absolute atomic E-state index is 13.8. The van der Waals surface area contributed by atoms with Crippen LogP contribution in [-0.2, 0) is 4.79 Å². The highest BCUT2D eigenvalue weighted by atomic mass is 19.1. The lowest BCUT2D eigenvalue weighted by Crippen LogP contribution is -2.43. The van der Waals surface area contributed by atoms with Crippen LogP contribution in [0.2, 0.25) is 0 Å². The average molecular weight is 293 g/mol. The monoisotopic (exact) mass is 293 g/mol. The van der Waals surface area contributed by atoms with Crippen molar-refractivity contribution in [3.05, 3.63) is 29.6 Å². The van der Waals surface area contributed by atoms with Crippen molar-refractivity contribution in [2.75, 3.05) is 6.54 Å². The summed E-state index contributed by atoms with van der Waals surface area (Å²) in [5, 5.41) is 18.6. The Labute approximate surface area is 121 Å². The van der Waals surface area contributed by atoms with Crippen LogP contribution in [0.5, 0.6) is 5.75 Å². The summed E-state index contributed by atoms with van der Waals surface area (Å²) < 4.78 is 13.8. The van der Waals surface area contributed by atoms with E-state index in [1.165, 1.54) is 17.0 Å². The SMILES string of the molecule is O=C(O)C1C2CCCC2CN1C(=O)c1ccc(O)cc1F. The Morgan fingerprint density at radius 1 is 1.29 bits per heavy atom. The summed E-state index contributed by atoms with van der Waals surface area (Å²) in [6.45, 7) is 0.362. The largest absolute Gasteiger partial charge is 0.508 e. The number of hydrogen-bond acceptors (Lipinski definition) is 3. The number of halogens is 1. The molecule has 2 fully saturated rings. The second kappa shape index (κ2) is 5.02. The molecular weight excluding hydrogens is 277 g/mol. The molecule has 21 heavy (non-hydrogen) atoms. The smallest absolute Gasteiger partial charge is 0.326 e. The van der Waals surface area contributed by atoms with Crippen LogP contribution in [-0.4, -0.2) is 39.6 Å². The fourth-order valence-corrected chi connectivity index (χ4v) is 3.66. The molecule has 1 saturated carbocycles. The number of carbonyl (C=O) groups is 2. The number of fused-ring (bicyclic) bond motifs is 1. The van der Waals surface area contributed by atoms with Gasteiger partial charge in [-0.25, -0.2) is 9.18 Å². The van der Waals surface area contributed by atoms with Crippen molar-refractivity contribution in [3.8, 4) is 5.75 Å². The summed E-state index contributed by atoms with van der Waals surface area (Å²) in [6, 6.07) is 2.40. The summed E-state index contributed by atoms with van der Waals surface area (Å²) in [5.74, 6) is -2.59. The number of amides is 1. The Kier molecular flexibility index (Phi) is 3.31. The number of hydrogen-bond donors (Lipinski definition) is 2. The number of phenols is 1. The fourth-order valence-electron chi connectivity index (χ4n) is 3.66. The average Bonchev–Trinajstić information content (AvgIpc) is 2.96. The number of rotatable bonds is 2. The quantitative estimate of drug-likeness (QED) is 0.872. The molecule has 0 spiro atoms. The van der Waals surface area contributed by atoms with Gasteiger partial charge in [0.15, 0.2) is 0 Å². The molecule has 1 aliphatic heterocycles. The highest BCUT2D eigenvalue weighted by molar-refractivity contribution is 5.97. The molecule has 1 aliphatic carbocycles. The molecule has 0 bridgehead atoms. The van der Waals surface area contributed by atoms with E-state index in [-0.39, 0.29) is 23.1 Å².